The Balaban J connectivity index is 1.52. The minimum Gasteiger partial charge on any atom is -0.338 e. The molecule has 1 aliphatic carbocycles. The summed E-state index contributed by atoms with van der Waals surface area (Å²) >= 11 is 0. The molecule has 1 spiro atoms. The molecular weight excluding hydrogens is 292 g/mol. The maximum absolute atomic E-state index is 12.8. The first-order valence-corrected chi connectivity index (χ1v) is 8.33. The first kappa shape index (κ1) is 14.4. The van der Waals surface area contributed by atoms with Gasteiger partial charge in [0, 0.05) is 25.1 Å². The molecule has 23 heavy (non-hydrogen) atoms. The molecule has 4 rings (SSSR count). The molecule has 0 aromatic heterocycles. The number of hydrogen-bond acceptors (Lipinski definition) is 3. The van der Waals surface area contributed by atoms with Gasteiger partial charge in [-0.2, -0.15) is 0 Å². The van der Waals surface area contributed by atoms with Crippen LogP contribution in [0.15, 0.2) is 18.2 Å². The van der Waals surface area contributed by atoms with Gasteiger partial charge in [0.1, 0.15) is 0 Å². The largest absolute Gasteiger partial charge is 0.338 e. The van der Waals surface area contributed by atoms with Gasteiger partial charge >= 0.3 is 0 Å². The monoisotopic (exact) mass is 312 g/mol. The zero-order valence-corrected chi connectivity index (χ0v) is 13.1. The van der Waals surface area contributed by atoms with E-state index in [2.05, 4.69) is 11.4 Å². The van der Waals surface area contributed by atoms with Gasteiger partial charge in [0.15, 0.2) is 0 Å². The Hall–Kier alpha value is -2.17. The van der Waals surface area contributed by atoms with Crippen LogP contribution in [0, 0.1) is 5.41 Å². The fourth-order valence-electron chi connectivity index (χ4n) is 4.11. The van der Waals surface area contributed by atoms with Crippen molar-refractivity contribution in [3.63, 3.8) is 0 Å². The van der Waals surface area contributed by atoms with Crippen molar-refractivity contribution in [1.82, 2.24) is 10.2 Å². The van der Waals surface area contributed by atoms with Crippen molar-refractivity contribution in [3.8, 4) is 0 Å². The summed E-state index contributed by atoms with van der Waals surface area (Å²) in [5.41, 5.74) is 2.78. The number of nitrogens with zero attached hydrogens (tertiary/aromatic N) is 1. The Bertz CT molecular complexity index is 712. The number of hydrogen-bond donors (Lipinski definition) is 1. The fourth-order valence-corrected chi connectivity index (χ4v) is 4.11. The molecule has 2 saturated heterocycles. The lowest BCUT2D eigenvalue weighted by atomic mass is 9.79. The van der Waals surface area contributed by atoms with E-state index < -0.39 is 5.41 Å². The summed E-state index contributed by atoms with van der Waals surface area (Å²) in [5.74, 6) is -0.414. The number of carbonyl (C=O) groups excluding carboxylic acids is 3. The molecule has 2 aliphatic heterocycles. The van der Waals surface area contributed by atoms with Crippen molar-refractivity contribution in [3.05, 3.63) is 34.9 Å². The summed E-state index contributed by atoms with van der Waals surface area (Å²) in [5, 5.41) is 2.43. The van der Waals surface area contributed by atoms with Crippen LogP contribution in [0.3, 0.4) is 0 Å². The Morgan fingerprint density at radius 3 is 2.74 bits per heavy atom. The topological polar surface area (TPSA) is 66.5 Å². The predicted molar refractivity (Wildman–Crippen MR) is 83.8 cm³/mol. The lowest BCUT2D eigenvalue weighted by Crippen LogP contribution is -2.50. The number of aryl methyl sites for hydroxylation is 2. The molecular formula is C18H20N2O3. The number of rotatable bonds is 1. The van der Waals surface area contributed by atoms with Gasteiger partial charge in [-0.3, -0.25) is 19.7 Å². The number of imide groups is 1. The van der Waals surface area contributed by atoms with Crippen molar-refractivity contribution in [2.24, 2.45) is 5.41 Å². The first-order chi connectivity index (χ1) is 11.1. The summed E-state index contributed by atoms with van der Waals surface area (Å²) in [6.07, 6.45) is 4.87. The molecule has 0 bridgehead atoms. The van der Waals surface area contributed by atoms with Crippen molar-refractivity contribution in [2.45, 2.75) is 38.5 Å². The zero-order valence-electron chi connectivity index (χ0n) is 13.1. The molecule has 0 radical (unpaired) electrons. The summed E-state index contributed by atoms with van der Waals surface area (Å²) in [6, 6.07) is 5.98. The number of carbonyl (C=O) groups is 3. The van der Waals surface area contributed by atoms with Crippen LogP contribution in [-0.4, -0.2) is 35.7 Å². The molecule has 1 N–H and O–H groups in total. The summed E-state index contributed by atoms with van der Waals surface area (Å²) < 4.78 is 0. The smallest absolute Gasteiger partial charge is 0.253 e. The van der Waals surface area contributed by atoms with E-state index in [1.54, 1.807) is 4.90 Å². The third-order valence-electron chi connectivity index (χ3n) is 5.55. The molecule has 2 heterocycles. The standard InChI is InChI=1S/C18H20N2O3/c21-15-6-7-18(17(23)19-15)8-9-20(11-18)16(22)14-5-4-12-2-1-3-13(12)10-14/h4-5,10H,1-3,6-9,11H2,(H,19,21,23). The predicted octanol–water partition coefficient (Wildman–Crippen LogP) is 1.44. The number of piperidine rings is 1. The van der Waals surface area contributed by atoms with Gasteiger partial charge in [0.25, 0.3) is 5.91 Å². The maximum atomic E-state index is 12.8. The fraction of sp³-hybridized carbons (Fsp3) is 0.500. The minimum absolute atomic E-state index is 0.00118. The number of nitrogens with one attached hydrogen (secondary N) is 1. The molecule has 0 saturated carbocycles. The van der Waals surface area contributed by atoms with Crippen LogP contribution in [-0.2, 0) is 22.4 Å². The minimum atomic E-state index is -0.569. The highest BCUT2D eigenvalue weighted by Gasteiger charge is 2.48. The average molecular weight is 312 g/mol. The number of fused-ring (bicyclic) bond motifs is 1. The van der Waals surface area contributed by atoms with E-state index in [4.69, 9.17) is 0 Å². The van der Waals surface area contributed by atoms with Gasteiger partial charge in [-0.1, -0.05) is 6.07 Å². The van der Waals surface area contributed by atoms with Gasteiger partial charge in [-0.25, -0.2) is 0 Å². The first-order valence-electron chi connectivity index (χ1n) is 8.33. The van der Waals surface area contributed by atoms with Crippen molar-refractivity contribution in [1.29, 1.82) is 0 Å². The third kappa shape index (κ3) is 2.35. The second-order valence-electron chi connectivity index (χ2n) is 6.97. The van der Waals surface area contributed by atoms with Gasteiger partial charge in [-0.15, -0.1) is 0 Å². The highest BCUT2D eigenvalue weighted by atomic mass is 16.2. The van der Waals surface area contributed by atoms with E-state index in [9.17, 15) is 14.4 Å². The van der Waals surface area contributed by atoms with Crippen LogP contribution in [0.4, 0.5) is 0 Å². The molecule has 5 heteroatoms. The van der Waals surface area contributed by atoms with Crippen LogP contribution in [0.1, 0.15) is 47.2 Å². The molecule has 5 nitrogen and oxygen atoms in total. The molecule has 3 aliphatic rings. The average Bonchev–Trinajstić information content (AvgIpc) is 3.18. The second kappa shape index (κ2) is 5.18. The molecule has 2 fully saturated rings. The van der Waals surface area contributed by atoms with E-state index in [1.165, 1.54) is 11.1 Å². The van der Waals surface area contributed by atoms with E-state index in [1.807, 2.05) is 12.1 Å². The quantitative estimate of drug-likeness (QED) is 0.798. The van der Waals surface area contributed by atoms with Gasteiger partial charge in [0.05, 0.1) is 5.41 Å². The third-order valence-corrected chi connectivity index (χ3v) is 5.55. The molecule has 120 valence electrons. The Morgan fingerprint density at radius 1 is 1.09 bits per heavy atom. The van der Waals surface area contributed by atoms with Gasteiger partial charge in [0.2, 0.25) is 11.8 Å². The van der Waals surface area contributed by atoms with Crippen LogP contribution < -0.4 is 5.32 Å². The summed E-state index contributed by atoms with van der Waals surface area (Å²) in [7, 11) is 0. The van der Waals surface area contributed by atoms with Crippen molar-refractivity contribution in [2.75, 3.05) is 13.1 Å². The number of amides is 3. The Kier molecular flexibility index (Phi) is 3.25. The highest BCUT2D eigenvalue weighted by Crippen LogP contribution is 2.38. The van der Waals surface area contributed by atoms with E-state index in [-0.39, 0.29) is 17.7 Å². The molecule has 1 aromatic carbocycles. The zero-order chi connectivity index (χ0) is 16.0. The molecule has 3 amide bonds. The lowest BCUT2D eigenvalue weighted by molar-refractivity contribution is -0.141. The van der Waals surface area contributed by atoms with E-state index >= 15 is 0 Å². The van der Waals surface area contributed by atoms with Crippen LogP contribution in [0.5, 0.6) is 0 Å². The van der Waals surface area contributed by atoms with Crippen LogP contribution in [0.25, 0.3) is 0 Å². The van der Waals surface area contributed by atoms with Crippen LogP contribution in [0.2, 0.25) is 0 Å². The number of likely N-dealkylation sites (tertiary alicyclic amines) is 1. The molecule has 1 unspecified atom stereocenters. The normalized spacial score (nSPS) is 26.5. The van der Waals surface area contributed by atoms with E-state index in [0.717, 1.165) is 24.8 Å². The Morgan fingerprint density at radius 2 is 1.91 bits per heavy atom. The maximum Gasteiger partial charge on any atom is 0.253 e. The second-order valence-corrected chi connectivity index (χ2v) is 6.97. The molecule has 1 aromatic rings. The molecule has 1 atom stereocenters. The van der Waals surface area contributed by atoms with Crippen molar-refractivity contribution >= 4 is 17.7 Å². The van der Waals surface area contributed by atoms with E-state index in [0.29, 0.717) is 32.4 Å². The summed E-state index contributed by atoms with van der Waals surface area (Å²) in [6.45, 7) is 1.000. The van der Waals surface area contributed by atoms with Crippen LogP contribution >= 0.6 is 0 Å². The number of benzene rings is 1. The highest BCUT2D eigenvalue weighted by molar-refractivity contribution is 6.02. The summed E-state index contributed by atoms with van der Waals surface area (Å²) in [4.78, 5) is 38.1. The lowest BCUT2D eigenvalue weighted by Gasteiger charge is -2.31. The van der Waals surface area contributed by atoms with Gasteiger partial charge < -0.3 is 4.90 Å². The van der Waals surface area contributed by atoms with Crippen molar-refractivity contribution < 1.29 is 14.4 Å². The Labute approximate surface area is 135 Å². The van der Waals surface area contributed by atoms with Gasteiger partial charge in [-0.05, 0) is 55.4 Å². The SMILES string of the molecule is O=C1CCC2(CCN(C(=O)c3ccc4c(c3)CCC4)C2)C(=O)N1.